The predicted octanol–water partition coefficient (Wildman–Crippen LogP) is 0.843. The highest BCUT2D eigenvalue weighted by Crippen LogP contribution is 1.95. The van der Waals surface area contributed by atoms with Crippen molar-refractivity contribution in [3.8, 4) is 0 Å². The first kappa shape index (κ1) is 6.33. The van der Waals surface area contributed by atoms with Crippen molar-refractivity contribution in [3.63, 3.8) is 0 Å². The normalized spacial score (nSPS) is 23.8. The molecule has 0 bridgehead atoms. The van der Waals surface area contributed by atoms with E-state index < -0.39 is 0 Å². The average molecular weight is 125 g/mol. The summed E-state index contributed by atoms with van der Waals surface area (Å²) in [7, 11) is 0. The molecule has 1 N–H and O–H groups in total. The fraction of sp³-hybridized carbons (Fsp3) is 0.571. The van der Waals surface area contributed by atoms with Gasteiger partial charge >= 0.3 is 0 Å². The number of carbonyl (C=O) groups is 1. The Morgan fingerprint density at radius 3 is 3.00 bits per heavy atom. The third-order valence-corrected chi connectivity index (χ3v) is 1.34. The van der Waals surface area contributed by atoms with E-state index in [2.05, 4.69) is 17.5 Å². The lowest BCUT2D eigenvalue weighted by Gasteiger charge is -2.03. The number of allylic oxidation sites excluding steroid dienone is 1. The molecule has 50 valence electrons. The first-order valence-corrected chi connectivity index (χ1v) is 3.31. The Hall–Kier alpha value is -0.790. The first-order chi connectivity index (χ1) is 4.39. The molecule has 2 heteroatoms. The van der Waals surface area contributed by atoms with Gasteiger partial charge in [-0.2, -0.15) is 0 Å². The van der Waals surface area contributed by atoms with Crippen molar-refractivity contribution in [2.45, 2.75) is 19.3 Å². The van der Waals surface area contributed by atoms with Gasteiger partial charge in [-0.25, -0.2) is 0 Å². The molecule has 0 saturated heterocycles. The molecule has 1 rings (SSSR count). The summed E-state index contributed by atoms with van der Waals surface area (Å²) in [6.45, 7) is 0.801. The van der Waals surface area contributed by atoms with Gasteiger partial charge in [0.15, 0.2) is 0 Å². The number of amides is 1. The van der Waals surface area contributed by atoms with E-state index >= 15 is 0 Å². The monoisotopic (exact) mass is 125 g/mol. The molecule has 0 radical (unpaired) electrons. The standard InChI is InChI=1S/C7H11NO/c9-7-5-3-1-2-4-6-8-7/h1-2H,3-6H2,(H,8,9)/b2-1+. The Balaban J connectivity index is 2.35. The van der Waals surface area contributed by atoms with Crippen LogP contribution in [0.5, 0.6) is 0 Å². The summed E-state index contributed by atoms with van der Waals surface area (Å²) in [6, 6.07) is 0. The molecule has 1 aliphatic rings. The topological polar surface area (TPSA) is 29.1 Å². The molecule has 0 aromatic carbocycles. The molecule has 1 aliphatic heterocycles. The van der Waals surface area contributed by atoms with Gasteiger partial charge < -0.3 is 5.32 Å². The lowest BCUT2D eigenvalue weighted by atomic mass is 10.2. The molecule has 0 aliphatic carbocycles. The predicted molar refractivity (Wildman–Crippen MR) is 36.0 cm³/mol. The minimum atomic E-state index is 0.180. The van der Waals surface area contributed by atoms with Crippen molar-refractivity contribution in [2.24, 2.45) is 0 Å². The largest absolute Gasteiger partial charge is 0.356 e. The van der Waals surface area contributed by atoms with Gasteiger partial charge in [0, 0.05) is 13.0 Å². The Morgan fingerprint density at radius 1 is 1.33 bits per heavy atom. The second kappa shape index (κ2) is 3.28. The van der Waals surface area contributed by atoms with Crippen molar-refractivity contribution >= 4 is 5.91 Å². The highest BCUT2D eigenvalue weighted by Gasteiger charge is 1.98. The van der Waals surface area contributed by atoms with Gasteiger partial charge in [-0.3, -0.25) is 4.79 Å². The molecule has 0 spiro atoms. The molecule has 0 aromatic heterocycles. The second-order valence-electron chi connectivity index (χ2n) is 2.15. The van der Waals surface area contributed by atoms with Gasteiger partial charge in [0.1, 0.15) is 0 Å². The van der Waals surface area contributed by atoms with Crippen molar-refractivity contribution in [1.29, 1.82) is 0 Å². The minimum absolute atomic E-state index is 0.180. The van der Waals surface area contributed by atoms with Crippen LogP contribution < -0.4 is 5.32 Å². The highest BCUT2D eigenvalue weighted by molar-refractivity contribution is 5.76. The van der Waals surface area contributed by atoms with E-state index in [1.54, 1.807) is 0 Å². The Bertz CT molecular complexity index is 129. The molecular weight excluding hydrogens is 114 g/mol. The van der Waals surface area contributed by atoms with Crippen LogP contribution in [0.15, 0.2) is 12.2 Å². The van der Waals surface area contributed by atoms with E-state index in [4.69, 9.17) is 0 Å². The first-order valence-electron chi connectivity index (χ1n) is 3.31. The molecular formula is C7H11NO. The van der Waals surface area contributed by atoms with Crippen LogP contribution in [0.25, 0.3) is 0 Å². The van der Waals surface area contributed by atoms with Crippen LogP contribution in [-0.4, -0.2) is 12.5 Å². The third kappa shape index (κ3) is 2.31. The van der Waals surface area contributed by atoms with E-state index in [0.29, 0.717) is 6.42 Å². The molecule has 0 aromatic rings. The van der Waals surface area contributed by atoms with E-state index in [9.17, 15) is 4.79 Å². The van der Waals surface area contributed by atoms with Crippen molar-refractivity contribution < 1.29 is 4.79 Å². The molecule has 0 saturated carbocycles. The van der Waals surface area contributed by atoms with Gasteiger partial charge in [-0.05, 0) is 12.8 Å². The van der Waals surface area contributed by atoms with Crippen LogP contribution in [0.1, 0.15) is 19.3 Å². The molecule has 2 nitrogen and oxygen atoms in total. The van der Waals surface area contributed by atoms with Crippen molar-refractivity contribution in [2.75, 3.05) is 6.54 Å². The summed E-state index contributed by atoms with van der Waals surface area (Å²) in [6.07, 6.45) is 6.70. The smallest absolute Gasteiger partial charge is 0.220 e. The van der Waals surface area contributed by atoms with Crippen LogP contribution >= 0.6 is 0 Å². The van der Waals surface area contributed by atoms with Crippen molar-refractivity contribution in [1.82, 2.24) is 5.32 Å². The van der Waals surface area contributed by atoms with Crippen LogP contribution in [0.2, 0.25) is 0 Å². The maximum atomic E-state index is 10.7. The third-order valence-electron chi connectivity index (χ3n) is 1.34. The minimum Gasteiger partial charge on any atom is -0.356 e. The summed E-state index contributed by atoms with van der Waals surface area (Å²) in [4.78, 5) is 10.7. The van der Waals surface area contributed by atoms with Crippen molar-refractivity contribution in [3.05, 3.63) is 12.2 Å². The van der Waals surface area contributed by atoms with Gasteiger partial charge in [0.2, 0.25) is 5.91 Å². The summed E-state index contributed by atoms with van der Waals surface area (Å²) < 4.78 is 0. The summed E-state index contributed by atoms with van der Waals surface area (Å²) in [5.74, 6) is 0.180. The maximum Gasteiger partial charge on any atom is 0.220 e. The lowest BCUT2D eigenvalue weighted by molar-refractivity contribution is -0.121. The van der Waals surface area contributed by atoms with E-state index in [-0.39, 0.29) is 5.91 Å². The number of carbonyl (C=O) groups excluding carboxylic acids is 1. The fourth-order valence-electron chi connectivity index (χ4n) is 0.833. The highest BCUT2D eigenvalue weighted by atomic mass is 16.1. The van der Waals surface area contributed by atoms with Gasteiger partial charge in [0.25, 0.3) is 0 Å². The van der Waals surface area contributed by atoms with Gasteiger partial charge in [-0.15, -0.1) is 0 Å². The van der Waals surface area contributed by atoms with E-state index in [1.165, 1.54) is 0 Å². The Morgan fingerprint density at radius 2 is 2.11 bits per heavy atom. The zero-order valence-corrected chi connectivity index (χ0v) is 5.39. The second-order valence-corrected chi connectivity index (χ2v) is 2.15. The zero-order chi connectivity index (χ0) is 6.53. The van der Waals surface area contributed by atoms with Crippen LogP contribution in [-0.2, 0) is 4.79 Å². The van der Waals surface area contributed by atoms with Crippen LogP contribution in [0, 0.1) is 0 Å². The van der Waals surface area contributed by atoms with Crippen LogP contribution in [0.4, 0.5) is 0 Å². The molecule has 1 amide bonds. The number of nitrogens with one attached hydrogen (secondary N) is 1. The van der Waals surface area contributed by atoms with Crippen LogP contribution in [0.3, 0.4) is 0 Å². The summed E-state index contributed by atoms with van der Waals surface area (Å²) in [5.41, 5.74) is 0. The quantitative estimate of drug-likeness (QED) is 0.477. The van der Waals surface area contributed by atoms with E-state index in [0.717, 1.165) is 19.4 Å². The molecule has 9 heavy (non-hydrogen) atoms. The summed E-state index contributed by atoms with van der Waals surface area (Å²) >= 11 is 0. The molecule has 0 atom stereocenters. The average Bonchev–Trinajstić information content (AvgIpc) is 1.79. The number of hydrogen-bond donors (Lipinski definition) is 1. The zero-order valence-electron chi connectivity index (χ0n) is 5.39. The molecule has 0 fully saturated rings. The Kier molecular flexibility index (Phi) is 2.31. The van der Waals surface area contributed by atoms with E-state index in [1.807, 2.05) is 0 Å². The maximum absolute atomic E-state index is 10.7. The molecule has 0 unspecified atom stereocenters. The number of rotatable bonds is 0. The summed E-state index contributed by atoms with van der Waals surface area (Å²) in [5, 5.41) is 2.79. The van der Waals surface area contributed by atoms with Gasteiger partial charge in [0.05, 0.1) is 0 Å². The Labute approximate surface area is 54.9 Å². The number of hydrogen-bond acceptors (Lipinski definition) is 1. The molecule has 1 heterocycles. The lowest BCUT2D eigenvalue weighted by Crippen LogP contribution is -2.24. The van der Waals surface area contributed by atoms with Gasteiger partial charge in [-0.1, -0.05) is 12.2 Å². The fourth-order valence-corrected chi connectivity index (χ4v) is 0.833. The SMILES string of the molecule is O=C1CC/C=C/CCN1.